The van der Waals surface area contributed by atoms with Gasteiger partial charge in [0.15, 0.2) is 11.2 Å². The van der Waals surface area contributed by atoms with Gasteiger partial charge in [0.05, 0.1) is 25.7 Å². The smallest absolute Gasteiger partial charge is 1.00 e. The minimum absolute atomic E-state index is 0. The molecule has 0 aromatic carbocycles. The van der Waals surface area contributed by atoms with Gasteiger partial charge in [-0.3, -0.25) is 19.2 Å². The summed E-state index contributed by atoms with van der Waals surface area (Å²) in [6.45, 7) is 0. The van der Waals surface area contributed by atoms with Gasteiger partial charge in [-0.05, 0) is 0 Å². The second-order valence-corrected chi connectivity index (χ2v) is 4.96. The van der Waals surface area contributed by atoms with E-state index in [1.54, 1.807) is 0 Å². The van der Waals surface area contributed by atoms with Crippen LogP contribution >= 0.6 is 0 Å². The van der Waals surface area contributed by atoms with E-state index in [-0.39, 0.29) is 148 Å². The van der Waals surface area contributed by atoms with Crippen LogP contribution in [0.25, 0.3) is 0 Å². The molecule has 0 aromatic rings. The summed E-state index contributed by atoms with van der Waals surface area (Å²) in [5, 5.41) is 67.6. The van der Waals surface area contributed by atoms with Crippen molar-refractivity contribution in [2.24, 2.45) is 0 Å². The second kappa shape index (κ2) is 21.0. The molecule has 30 heavy (non-hydrogen) atoms. The fourth-order valence-electron chi connectivity index (χ4n) is 1.43. The fraction of sp³-hybridized carbons (Fsp3) is 0.500. The van der Waals surface area contributed by atoms with E-state index in [9.17, 15) is 28.8 Å². The molecule has 0 atom stereocenters. The maximum atomic E-state index is 10.3. The fourth-order valence-corrected chi connectivity index (χ4v) is 1.43. The summed E-state index contributed by atoms with van der Waals surface area (Å²) in [6, 6.07) is 0. The van der Waals surface area contributed by atoms with Gasteiger partial charge in [-0.2, -0.15) is 0 Å². The first-order valence-electron chi connectivity index (χ1n) is 6.34. The number of aliphatic carboxylic acids is 6. The number of hydrogen-bond donors (Lipinski definition) is 8. The first-order chi connectivity index (χ1) is 11.6. The number of hydrogen-bond acceptors (Lipinski definition) is 8. The second-order valence-electron chi connectivity index (χ2n) is 4.96. The SMILES string of the molecule is O=C(O)CC(O)(CC(=O)O)C(=O)O.O=C(O)CC(O)(CC(=O)O)C(=O)O.[BiH3].[Ca+2].[Ca+2].[Ca+2].[H-].[H-].[H-].[H-].[H-].[H-]. The Morgan fingerprint density at radius 2 is 0.633 bits per heavy atom. The van der Waals surface area contributed by atoms with Crippen molar-refractivity contribution in [1.29, 1.82) is 0 Å². The molecule has 0 aromatic heterocycles. The summed E-state index contributed by atoms with van der Waals surface area (Å²) >= 11 is 0. The van der Waals surface area contributed by atoms with Gasteiger partial charge in [0.1, 0.15) is 0 Å². The molecule has 0 aliphatic rings. The number of carbonyl (C=O) groups is 6. The molecule has 0 aliphatic heterocycles. The average Bonchev–Trinajstić information content (AvgIpc) is 2.34. The van der Waals surface area contributed by atoms with Crippen LogP contribution in [0, 0.1) is 0 Å². The van der Waals surface area contributed by atoms with Crippen molar-refractivity contribution >= 4 is 175 Å². The van der Waals surface area contributed by atoms with Gasteiger partial charge in [-0.1, -0.05) is 0 Å². The van der Waals surface area contributed by atoms with Crippen LogP contribution < -0.4 is 0 Å². The van der Waals surface area contributed by atoms with E-state index in [0.717, 1.165) is 0 Å². The van der Waals surface area contributed by atoms with Crippen LogP contribution in [0.15, 0.2) is 0 Å². The molecule has 0 saturated heterocycles. The molecule has 0 saturated carbocycles. The third-order valence-electron chi connectivity index (χ3n) is 2.57. The number of rotatable bonds is 10. The Hall–Kier alpha value is 1.40. The number of carboxylic acid groups (broad SMARTS) is 6. The summed E-state index contributed by atoms with van der Waals surface area (Å²) in [5.41, 5.74) is -5.48. The largest absolute Gasteiger partial charge is 2.00 e. The summed E-state index contributed by atoms with van der Waals surface area (Å²) in [4.78, 5) is 61.0. The van der Waals surface area contributed by atoms with Crippen LogP contribution in [-0.4, -0.2) is 227 Å². The first kappa shape index (κ1) is 45.0. The van der Waals surface area contributed by atoms with Crippen LogP contribution in [0.4, 0.5) is 0 Å². The summed E-state index contributed by atoms with van der Waals surface area (Å²) < 4.78 is 0. The Kier molecular flexibility index (Phi) is 31.4. The van der Waals surface area contributed by atoms with E-state index in [0.29, 0.717) is 0 Å². The topological polar surface area (TPSA) is 264 Å². The molecule has 0 aliphatic carbocycles. The van der Waals surface area contributed by atoms with E-state index in [2.05, 4.69) is 0 Å². The molecule has 0 unspecified atom stereocenters. The number of carboxylic acids is 6. The van der Waals surface area contributed by atoms with Crippen LogP contribution in [0.5, 0.6) is 0 Å². The van der Waals surface area contributed by atoms with E-state index in [1.807, 2.05) is 0 Å². The zero-order valence-corrected chi connectivity index (χ0v) is 27.8. The van der Waals surface area contributed by atoms with Gasteiger partial charge in [0.2, 0.25) is 0 Å². The van der Waals surface area contributed by atoms with Crippen LogP contribution in [0.3, 0.4) is 0 Å². The molecular weight excluding hydrogens is 697 g/mol. The Balaban J connectivity index is -0.0000000250. The van der Waals surface area contributed by atoms with Gasteiger partial charge in [-0.25, -0.2) is 9.59 Å². The predicted octanol–water partition coefficient (Wildman–Crippen LogP) is -4.15. The van der Waals surface area contributed by atoms with Crippen LogP contribution in [-0.2, 0) is 28.8 Å². The quantitative estimate of drug-likeness (QED) is 0.0996. The molecule has 168 valence electrons. The summed E-state index contributed by atoms with van der Waals surface area (Å²) in [5.74, 6) is -10.0. The van der Waals surface area contributed by atoms with Crippen molar-refractivity contribution in [3.63, 3.8) is 0 Å². The molecular formula is C12H25BiCa3O14. The Bertz CT molecular complexity index is 550. The summed E-state index contributed by atoms with van der Waals surface area (Å²) in [6.07, 6.45) is -4.58. The van der Waals surface area contributed by atoms with Gasteiger partial charge >= 0.3 is 175 Å². The van der Waals surface area contributed by atoms with Gasteiger partial charge in [0, 0.05) is 0 Å². The van der Waals surface area contributed by atoms with E-state index < -0.39 is 72.7 Å². The Morgan fingerprint density at radius 1 is 0.500 bits per heavy atom. The van der Waals surface area contributed by atoms with Gasteiger partial charge in [0.25, 0.3) is 0 Å². The van der Waals surface area contributed by atoms with Crippen molar-refractivity contribution in [2.45, 2.75) is 36.9 Å². The third-order valence-corrected chi connectivity index (χ3v) is 2.57. The zero-order valence-electron chi connectivity index (χ0n) is 21.7. The molecule has 8 N–H and O–H groups in total. The van der Waals surface area contributed by atoms with Gasteiger partial charge < -0.3 is 49.4 Å². The molecule has 0 radical (unpaired) electrons. The standard InChI is InChI=1S/2C6H8O7.Bi.3Ca.9H/c2*7-3(8)1-6(13,5(11)12)2-4(9)10;;;;;;;;;;;;;/h2*13H,1-2H2,(H,7,8)(H,9,10)(H,11,12);;;;;;;;;;;;;/q;;;3*+2;;;;6*-1. The van der Waals surface area contributed by atoms with E-state index in [4.69, 9.17) is 40.9 Å². The third kappa shape index (κ3) is 21.3. The Labute approximate surface area is 286 Å². The van der Waals surface area contributed by atoms with Crippen LogP contribution in [0.2, 0.25) is 0 Å². The molecule has 0 bridgehead atoms. The maximum Gasteiger partial charge on any atom is 2.00 e. The first-order valence-corrected chi connectivity index (χ1v) is 6.34. The molecule has 0 amide bonds. The van der Waals surface area contributed by atoms with Crippen LogP contribution in [0.1, 0.15) is 34.2 Å². The Morgan fingerprint density at radius 3 is 0.700 bits per heavy atom. The predicted molar refractivity (Wildman–Crippen MR) is 108 cm³/mol. The van der Waals surface area contributed by atoms with Crippen molar-refractivity contribution in [2.75, 3.05) is 0 Å². The van der Waals surface area contributed by atoms with Crippen molar-refractivity contribution in [3.05, 3.63) is 0 Å². The monoisotopic (exact) mass is 722 g/mol. The molecule has 0 fully saturated rings. The number of aliphatic hydroxyl groups is 2. The van der Waals surface area contributed by atoms with E-state index in [1.165, 1.54) is 0 Å². The minimum Gasteiger partial charge on any atom is -1.00 e. The molecule has 0 heterocycles. The zero-order chi connectivity index (χ0) is 21.3. The van der Waals surface area contributed by atoms with Crippen molar-refractivity contribution in [1.82, 2.24) is 0 Å². The maximum absolute atomic E-state index is 10.3. The molecule has 18 heteroatoms. The normalized spacial score (nSPS) is 9.40. The van der Waals surface area contributed by atoms with Crippen molar-refractivity contribution < 1.29 is 78.2 Å². The van der Waals surface area contributed by atoms with E-state index >= 15 is 0 Å². The molecule has 0 spiro atoms. The van der Waals surface area contributed by atoms with Crippen molar-refractivity contribution in [3.8, 4) is 0 Å². The van der Waals surface area contributed by atoms with Gasteiger partial charge in [-0.15, -0.1) is 0 Å². The summed E-state index contributed by atoms with van der Waals surface area (Å²) in [7, 11) is 0. The molecule has 0 rings (SSSR count). The molecule has 14 nitrogen and oxygen atoms in total. The average molecular weight is 723 g/mol. The minimum atomic E-state index is -2.74.